The molecular weight excluding hydrogens is 304 g/mol. The second-order valence-electron chi connectivity index (χ2n) is 5.15. The van der Waals surface area contributed by atoms with Crippen LogP contribution in [0.1, 0.15) is 37.4 Å². The van der Waals surface area contributed by atoms with Crippen molar-refractivity contribution in [3.63, 3.8) is 0 Å². The third-order valence-corrected chi connectivity index (χ3v) is 3.91. The van der Waals surface area contributed by atoms with Crippen LogP contribution in [0.15, 0.2) is 12.1 Å². The van der Waals surface area contributed by atoms with E-state index in [0.29, 0.717) is 0 Å². The van der Waals surface area contributed by atoms with Crippen molar-refractivity contribution in [1.29, 1.82) is 0 Å². The van der Waals surface area contributed by atoms with Crippen LogP contribution in [-0.2, 0) is 0 Å². The van der Waals surface area contributed by atoms with E-state index in [4.69, 9.17) is 4.74 Å². The Bertz CT molecular complexity index is 896. The van der Waals surface area contributed by atoms with Crippen molar-refractivity contribution in [3.05, 3.63) is 39.9 Å². The van der Waals surface area contributed by atoms with E-state index in [-0.39, 0.29) is 22.4 Å². The topological polar surface area (TPSA) is 124 Å². The van der Waals surface area contributed by atoms with Crippen LogP contribution in [0.5, 0.6) is 28.7 Å². The number of hydrogen-bond acceptors (Lipinski definition) is 7. The van der Waals surface area contributed by atoms with E-state index in [1.54, 1.807) is 0 Å². The molecule has 0 aromatic heterocycles. The van der Waals surface area contributed by atoms with E-state index in [0.717, 1.165) is 6.07 Å². The smallest absolute Gasteiger partial charge is 0.202 e. The van der Waals surface area contributed by atoms with Crippen LogP contribution in [0, 0.1) is 6.92 Å². The molecule has 0 amide bonds. The number of fused-ring (bicyclic) bond motifs is 2. The number of rotatable bonds is 1. The number of ketones is 2. The summed E-state index contributed by atoms with van der Waals surface area (Å²) >= 11 is 0. The number of phenols is 4. The van der Waals surface area contributed by atoms with E-state index in [1.807, 2.05) is 0 Å². The molecule has 2 aromatic carbocycles. The van der Waals surface area contributed by atoms with Gasteiger partial charge in [-0.2, -0.15) is 0 Å². The first-order valence-electron chi connectivity index (χ1n) is 6.57. The van der Waals surface area contributed by atoms with E-state index >= 15 is 0 Å². The van der Waals surface area contributed by atoms with E-state index in [2.05, 4.69) is 0 Å². The fourth-order valence-corrected chi connectivity index (χ4v) is 2.67. The summed E-state index contributed by atoms with van der Waals surface area (Å²) in [5.74, 6) is -4.08. The zero-order valence-electron chi connectivity index (χ0n) is 12.2. The molecule has 4 N–H and O–H groups in total. The summed E-state index contributed by atoms with van der Waals surface area (Å²) in [4.78, 5) is 25.2. The lowest BCUT2D eigenvalue weighted by Crippen LogP contribution is -2.22. The minimum atomic E-state index is -0.877. The maximum Gasteiger partial charge on any atom is 0.202 e. The molecular formula is C16H12O7. The number of phenolic OH excluding ortho intramolecular Hbond substituents is 4. The van der Waals surface area contributed by atoms with E-state index in [1.165, 1.54) is 20.1 Å². The van der Waals surface area contributed by atoms with Crippen LogP contribution in [0.3, 0.4) is 0 Å². The van der Waals surface area contributed by atoms with Crippen molar-refractivity contribution in [2.75, 3.05) is 7.11 Å². The highest BCUT2D eigenvalue weighted by Crippen LogP contribution is 2.47. The predicted octanol–water partition coefficient (Wildman–Crippen LogP) is 1.60. The zero-order chi connectivity index (χ0) is 17.0. The number of carbonyl (C=O) groups is 2. The number of hydrogen-bond donors (Lipinski definition) is 4. The molecule has 7 nitrogen and oxygen atoms in total. The lowest BCUT2D eigenvalue weighted by atomic mass is 9.81. The van der Waals surface area contributed by atoms with Gasteiger partial charge in [0, 0.05) is 17.2 Å². The number of ether oxygens (including phenoxy) is 1. The Balaban J connectivity index is 2.43. The normalized spacial score (nSPS) is 12.8. The molecule has 0 saturated carbocycles. The Hall–Kier alpha value is -3.22. The maximum absolute atomic E-state index is 12.6. The number of methoxy groups -OCH3 is 1. The third-order valence-electron chi connectivity index (χ3n) is 3.91. The molecule has 0 radical (unpaired) electrons. The van der Waals surface area contributed by atoms with Crippen LogP contribution in [0.2, 0.25) is 0 Å². The molecule has 3 rings (SSSR count). The third kappa shape index (κ3) is 1.76. The maximum atomic E-state index is 12.6. The van der Waals surface area contributed by atoms with Crippen LogP contribution in [0.4, 0.5) is 0 Å². The van der Waals surface area contributed by atoms with Gasteiger partial charge in [0.15, 0.2) is 17.3 Å². The summed E-state index contributed by atoms with van der Waals surface area (Å²) in [6.07, 6.45) is 0. The molecule has 118 valence electrons. The first-order valence-corrected chi connectivity index (χ1v) is 6.57. The predicted molar refractivity (Wildman–Crippen MR) is 77.7 cm³/mol. The van der Waals surface area contributed by atoms with Gasteiger partial charge in [0.2, 0.25) is 5.78 Å². The first-order chi connectivity index (χ1) is 10.8. The highest BCUT2D eigenvalue weighted by molar-refractivity contribution is 6.31. The highest BCUT2D eigenvalue weighted by atomic mass is 16.5. The fourth-order valence-electron chi connectivity index (χ4n) is 2.67. The Kier molecular flexibility index (Phi) is 2.97. The van der Waals surface area contributed by atoms with Crippen molar-refractivity contribution in [3.8, 4) is 28.7 Å². The molecule has 0 heterocycles. The molecule has 1 aliphatic carbocycles. The van der Waals surface area contributed by atoms with Gasteiger partial charge in [0.25, 0.3) is 0 Å². The van der Waals surface area contributed by atoms with E-state index < -0.39 is 45.7 Å². The van der Waals surface area contributed by atoms with Crippen LogP contribution in [0.25, 0.3) is 0 Å². The molecule has 0 aliphatic heterocycles. The summed E-state index contributed by atoms with van der Waals surface area (Å²) in [7, 11) is 1.33. The van der Waals surface area contributed by atoms with Crippen molar-refractivity contribution >= 4 is 11.6 Å². The van der Waals surface area contributed by atoms with Gasteiger partial charge in [0.1, 0.15) is 17.2 Å². The summed E-state index contributed by atoms with van der Waals surface area (Å²) in [5.41, 5.74) is -1.55. The molecule has 1 aliphatic rings. The Labute approximate surface area is 130 Å². The standard InChI is InChI=1S/C16H12O7/c1-5-12(18)10-11(16(22)13(5)19)15(21)9-7(14(10)20)3-6(23-2)4-8(9)17/h3-4,17-19,22H,1-2H3. The van der Waals surface area contributed by atoms with Crippen LogP contribution < -0.4 is 4.74 Å². The highest BCUT2D eigenvalue weighted by Gasteiger charge is 2.39. The average Bonchev–Trinajstić information content (AvgIpc) is 2.53. The van der Waals surface area contributed by atoms with Crippen molar-refractivity contribution in [2.45, 2.75) is 6.92 Å². The number of aromatic hydroxyl groups is 4. The fraction of sp³-hybridized carbons (Fsp3) is 0.125. The molecule has 0 unspecified atom stereocenters. The van der Waals surface area contributed by atoms with Gasteiger partial charge in [-0.15, -0.1) is 0 Å². The monoisotopic (exact) mass is 316 g/mol. The second kappa shape index (κ2) is 4.64. The zero-order valence-corrected chi connectivity index (χ0v) is 12.2. The quantitative estimate of drug-likeness (QED) is 0.397. The Morgan fingerprint density at radius 1 is 0.826 bits per heavy atom. The lowest BCUT2D eigenvalue weighted by Gasteiger charge is -2.22. The summed E-state index contributed by atoms with van der Waals surface area (Å²) in [6, 6.07) is 2.41. The number of benzene rings is 2. The van der Waals surface area contributed by atoms with Crippen molar-refractivity contribution < 1.29 is 34.8 Å². The second-order valence-corrected chi connectivity index (χ2v) is 5.15. The molecule has 0 bridgehead atoms. The van der Waals surface area contributed by atoms with Gasteiger partial charge in [-0.1, -0.05) is 0 Å². The van der Waals surface area contributed by atoms with Crippen LogP contribution >= 0.6 is 0 Å². The van der Waals surface area contributed by atoms with Gasteiger partial charge >= 0.3 is 0 Å². The molecule has 0 saturated heterocycles. The minimum Gasteiger partial charge on any atom is -0.507 e. The summed E-state index contributed by atoms with van der Waals surface area (Å²) < 4.78 is 4.95. The summed E-state index contributed by atoms with van der Waals surface area (Å²) in [6.45, 7) is 1.29. The first kappa shape index (κ1) is 14.7. The summed E-state index contributed by atoms with van der Waals surface area (Å²) in [5, 5.41) is 39.9. The number of carbonyl (C=O) groups excluding carboxylic acids is 2. The van der Waals surface area contributed by atoms with Crippen LogP contribution in [-0.4, -0.2) is 39.1 Å². The van der Waals surface area contributed by atoms with Crippen molar-refractivity contribution in [1.82, 2.24) is 0 Å². The molecule has 2 aromatic rings. The van der Waals surface area contributed by atoms with Gasteiger partial charge < -0.3 is 25.2 Å². The SMILES string of the molecule is COc1cc(O)c2c(c1)C(=O)c1c(O)c(C)c(O)c(O)c1C2=O. The van der Waals surface area contributed by atoms with Gasteiger partial charge in [-0.25, -0.2) is 0 Å². The molecule has 0 atom stereocenters. The van der Waals surface area contributed by atoms with Crippen molar-refractivity contribution in [2.24, 2.45) is 0 Å². The Morgan fingerprint density at radius 2 is 1.43 bits per heavy atom. The Morgan fingerprint density at radius 3 is 2.04 bits per heavy atom. The molecule has 23 heavy (non-hydrogen) atoms. The average molecular weight is 316 g/mol. The van der Waals surface area contributed by atoms with Gasteiger partial charge in [-0.3, -0.25) is 9.59 Å². The molecule has 0 fully saturated rings. The largest absolute Gasteiger partial charge is 0.507 e. The molecule has 7 heteroatoms. The minimum absolute atomic E-state index is 0.127. The molecule has 0 spiro atoms. The van der Waals surface area contributed by atoms with E-state index in [9.17, 15) is 30.0 Å². The van der Waals surface area contributed by atoms with Gasteiger partial charge in [0.05, 0.1) is 23.8 Å². The lowest BCUT2D eigenvalue weighted by molar-refractivity contribution is 0.0970. The van der Waals surface area contributed by atoms with Gasteiger partial charge in [-0.05, 0) is 13.0 Å².